The molecule has 1 aromatic carbocycles. The molecule has 0 amide bonds. The molecule has 0 radical (unpaired) electrons. The third-order valence-electron chi connectivity index (χ3n) is 3.25. The summed E-state index contributed by atoms with van der Waals surface area (Å²) in [5, 5.41) is 0. The van der Waals surface area contributed by atoms with Crippen LogP contribution in [0.5, 0.6) is 0 Å². The van der Waals surface area contributed by atoms with Crippen LogP contribution in [0.25, 0.3) is 0 Å². The van der Waals surface area contributed by atoms with Crippen molar-refractivity contribution in [2.24, 2.45) is 0 Å². The van der Waals surface area contributed by atoms with E-state index in [1.165, 1.54) is 0 Å². The zero-order chi connectivity index (χ0) is 13.1. The number of benzene rings is 1. The van der Waals surface area contributed by atoms with Gasteiger partial charge in [0.1, 0.15) is 0 Å². The van der Waals surface area contributed by atoms with Crippen LogP contribution in [0, 0.1) is 13.8 Å². The third-order valence-corrected chi connectivity index (χ3v) is 3.25. The van der Waals surface area contributed by atoms with Gasteiger partial charge in [-0.2, -0.15) is 0 Å². The van der Waals surface area contributed by atoms with Crippen LogP contribution in [-0.2, 0) is 0 Å². The lowest BCUT2D eigenvalue weighted by Crippen LogP contribution is -2.13. The predicted octanol–water partition coefficient (Wildman–Crippen LogP) is 3.68. The number of Topliss-reactive ketones (excluding diaryl/α,β-unsaturated/α-hetero) is 1. The third kappa shape index (κ3) is 2.33. The highest BCUT2D eigenvalue weighted by atomic mass is 16.1. The minimum atomic E-state index is -0.203. The Kier molecular flexibility index (Phi) is 3.56. The number of carbonyl (C=O) groups is 1. The van der Waals surface area contributed by atoms with E-state index in [9.17, 15) is 4.79 Å². The average molecular weight is 239 g/mol. The fourth-order valence-corrected chi connectivity index (χ4v) is 2.19. The van der Waals surface area contributed by atoms with E-state index in [2.05, 4.69) is 4.98 Å². The summed E-state index contributed by atoms with van der Waals surface area (Å²) in [5.74, 6) is -0.0599. The SMILES string of the molecule is Cc1cccc(C)c1C(=O)C(C)c1ccccn1. The summed E-state index contributed by atoms with van der Waals surface area (Å²) in [6.45, 7) is 5.87. The van der Waals surface area contributed by atoms with Gasteiger partial charge in [-0.1, -0.05) is 24.3 Å². The summed E-state index contributed by atoms with van der Waals surface area (Å²) in [6.07, 6.45) is 1.73. The van der Waals surface area contributed by atoms with Gasteiger partial charge in [-0.25, -0.2) is 0 Å². The van der Waals surface area contributed by atoms with Crippen LogP contribution in [-0.4, -0.2) is 10.8 Å². The normalized spacial score (nSPS) is 12.2. The Morgan fingerprint density at radius 1 is 1.06 bits per heavy atom. The predicted molar refractivity (Wildman–Crippen MR) is 72.9 cm³/mol. The number of ketones is 1. The number of aromatic nitrogens is 1. The van der Waals surface area contributed by atoms with E-state index in [-0.39, 0.29) is 11.7 Å². The molecule has 0 N–H and O–H groups in total. The number of hydrogen-bond donors (Lipinski definition) is 0. The first-order chi connectivity index (χ1) is 8.61. The van der Waals surface area contributed by atoms with Crippen LogP contribution in [0.4, 0.5) is 0 Å². The summed E-state index contributed by atoms with van der Waals surface area (Å²) in [5.41, 5.74) is 3.71. The molecule has 1 atom stereocenters. The van der Waals surface area contributed by atoms with E-state index in [0.717, 1.165) is 22.4 Å². The average Bonchev–Trinajstić information content (AvgIpc) is 2.38. The molecule has 0 fully saturated rings. The summed E-state index contributed by atoms with van der Waals surface area (Å²) >= 11 is 0. The number of pyridine rings is 1. The van der Waals surface area contributed by atoms with E-state index >= 15 is 0 Å². The molecule has 0 aliphatic carbocycles. The van der Waals surface area contributed by atoms with Gasteiger partial charge in [0.2, 0.25) is 0 Å². The maximum atomic E-state index is 12.5. The Morgan fingerprint density at radius 2 is 1.72 bits per heavy atom. The molecule has 18 heavy (non-hydrogen) atoms. The first kappa shape index (κ1) is 12.5. The maximum Gasteiger partial charge on any atom is 0.172 e. The number of nitrogens with zero attached hydrogens (tertiary/aromatic N) is 1. The molecule has 1 unspecified atom stereocenters. The highest BCUT2D eigenvalue weighted by Crippen LogP contribution is 2.23. The molecule has 1 heterocycles. The minimum Gasteiger partial charge on any atom is -0.293 e. The van der Waals surface area contributed by atoms with Gasteiger partial charge >= 0.3 is 0 Å². The molecule has 0 saturated carbocycles. The molecule has 0 bridgehead atoms. The topological polar surface area (TPSA) is 30.0 Å². The molecule has 0 aliphatic heterocycles. The highest BCUT2D eigenvalue weighted by molar-refractivity contribution is 6.02. The molecule has 0 spiro atoms. The van der Waals surface area contributed by atoms with Crippen LogP contribution < -0.4 is 0 Å². The summed E-state index contributed by atoms with van der Waals surface area (Å²) < 4.78 is 0. The van der Waals surface area contributed by atoms with Crippen molar-refractivity contribution < 1.29 is 4.79 Å². The van der Waals surface area contributed by atoms with Crippen molar-refractivity contribution in [1.82, 2.24) is 4.98 Å². The lowest BCUT2D eigenvalue weighted by molar-refractivity contribution is 0.0963. The fourth-order valence-electron chi connectivity index (χ4n) is 2.19. The molecule has 2 aromatic rings. The Bertz CT molecular complexity index is 540. The standard InChI is InChI=1S/C16H17NO/c1-11-7-6-8-12(2)15(11)16(18)13(3)14-9-4-5-10-17-14/h4-10,13H,1-3H3. The van der Waals surface area contributed by atoms with E-state index in [1.807, 2.05) is 57.2 Å². The second kappa shape index (κ2) is 5.13. The van der Waals surface area contributed by atoms with E-state index < -0.39 is 0 Å². The summed E-state index contributed by atoms with van der Waals surface area (Å²) in [6, 6.07) is 11.6. The maximum absolute atomic E-state index is 12.5. The zero-order valence-electron chi connectivity index (χ0n) is 11.0. The van der Waals surface area contributed by atoms with Gasteiger partial charge in [-0.15, -0.1) is 0 Å². The van der Waals surface area contributed by atoms with Gasteiger partial charge in [0.15, 0.2) is 5.78 Å². The largest absolute Gasteiger partial charge is 0.293 e. The Hall–Kier alpha value is -1.96. The summed E-state index contributed by atoms with van der Waals surface area (Å²) in [7, 11) is 0. The molecule has 0 saturated heterocycles. The van der Waals surface area contributed by atoms with Gasteiger partial charge in [0, 0.05) is 11.8 Å². The van der Waals surface area contributed by atoms with Crippen LogP contribution in [0.15, 0.2) is 42.6 Å². The molecular weight excluding hydrogens is 222 g/mol. The monoisotopic (exact) mass is 239 g/mol. The zero-order valence-corrected chi connectivity index (χ0v) is 11.0. The van der Waals surface area contributed by atoms with Crippen LogP contribution in [0.3, 0.4) is 0 Å². The van der Waals surface area contributed by atoms with Crippen molar-refractivity contribution in [3.8, 4) is 0 Å². The second-order valence-corrected chi connectivity index (χ2v) is 4.61. The van der Waals surface area contributed by atoms with E-state index in [0.29, 0.717) is 0 Å². The number of carbonyl (C=O) groups excluding carboxylic acids is 1. The lowest BCUT2D eigenvalue weighted by Gasteiger charge is -2.13. The first-order valence-corrected chi connectivity index (χ1v) is 6.12. The van der Waals surface area contributed by atoms with Gasteiger partial charge in [-0.3, -0.25) is 9.78 Å². The van der Waals surface area contributed by atoms with Crippen LogP contribution >= 0.6 is 0 Å². The smallest absolute Gasteiger partial charge is 0.172 e. The molecule has 2 heteroatoms. The highest BCUT2D eigenvalue weighted by Gasteiger charge is 2.21. The molecule has 1 aromatic heterocycles. The molecule has 92 valence electrons. The lowest BCUT2D eigenvalue weighted by atomic mass is 9.90. The van der Waals surface area contributed by atoms with Crippen LogP contribution in [0.1, 0.15) is 40.0 Å². The van der Waals surface area contributed by atoms with E-state index in [4.69, 9.17) is 0 Å². The second-order valence-electron chi connectivity index (χ2n) is 4.61. The van der Waals surface area contributed by atoms with Crippen molar-refractivity contribution in [2.45, 2.75) is 26.7 Å². The van der Waals surface area contributed by atoms with Crippen LogP contribution in [0.2, 0.25) is 0 Å². The molecule has 0 aliphatic rings. The van der Waals surface area contributed by atoms with Crippen molar-refractivity contribution in [3.05, 3.63) is 65.0 Å². The fraction of sp³-hybridized carbons (Fsp3) is 0.250. The molecule has 2 rings (SSSR count). The molecule has 2 nitrogen and oxygen atoms in total. The van der Waals surface area contributed by atoms with Crippen molar-refractivity contribution in [1.29, 1.82) is 0 Å². The summed E-state index contributed by atoms with van der Waals surface area (Å²) in [4.78, 5) is 16.8. The first-order valence-electron chi connectivity index (χ1n) is 6.12. The Labute approximate surface area is 108 Å². The van der Waals surface area contributed by atoms with E-state index in [1.54, 1.807) is 6.20 Å². The van der Waals surface area contributed by atoms with Gasteiger partial charge in [0.05, 0.1) is 11.6 Å². The van der Waals surface area contributed by atoms with Gasteiger partial charge in [0.25, 0.3) is 0 Å². The minimum absolute atomic E-state index is 0.143. The molecular formula is C16H17NO. The Balaban J connectivity index is 2.38. The van der Waals surface area contributed by atoms with Crippen molar-refractivity contribution >= 4 is 5.78 Å². The number of aryl methyl sites for hydroxylation is 2. The van der Waals surface area contributed by atoms with Gasteiger partial charge < -0.3 is 0 Å². The number of rotatable bonds is 3. The van der Waals surface area contributed by atoms with Crippen molar-refractivity contribution in [2.75, 3.05) is 0 Å². The number of hydrogen-bond acceptors (Lipinski definition) is 2. The Morgan fingerprint density at radius 3 is 2.28 bits per heavy atom. The van der Waals surface area contributed by atoms with Gasteiger partial charge in [-0.05, 0) is 44.0 Å². The quantitative estimate of drug-likeness (QED) is 0.765. The van der Waals surface area contributed by atoms with Crippen molar-refractivity contribution in [3.63, 3.8) is 0 Å².